The van der Waals surface area contributed by atoms with Crippen LogP contribution in [-0.2, 0) is 18.4 Å². The van der Waals surface area contributed by atoms with E-state index in [2.05, 4.69) is 16.9 Å². The number of aromatic nitrogens is 2. The monoisotopic (exact) mass is 193 g/mol. The maximum atomic E-state index is 11.2. The summed E-state index contributed by atoms with van der Waals surface area (Å²) in [5.41, 5.74) is 1.50. The molecule has 0 radical (unpaired) electrons. The van der Waals surface area contributed by atoms with Crippen LogP contribution in [0.15, 0.2) is 18.3 Å². The first-order chi connectivity index (χ1) is 6.52. The first kappa shape index (κ1) is 10.5. The Bertz CT molecular complexity index is 365. The number of hydrogen-bond donors (Lipinski definition) is 1. The predicted octanol–water partition coefficient (Wildman–Crippen LogP) is 0.921. The summed E-state index contributed by atoms with van der Waals surface area (Å²) in [4.78, 5) is 15.3. The van der Waals surface area contributed by atoms with Gasteiger partial charge in [0.25, 0.3) is 0 Å². The molecule has 0 saturated heterocycles. The summed E-state index contributed by atoms with van der Waals surface area (Å²) in [6.45, 7) is 7.65. The second-order valence-electron chi connectivity index (χ2n) is 3.32. The molecule has 0 fully saturated rings. The van der Waals surface area contributed by atoms with E-state index in [9.17, 15) is 4.79 Å². The maximum absolute atomic E-state index is 11.2. The molecule has 1 amide bonds. The molecule has 0 aliphatic carbocycles. The van der Waals surface area contributed by atoms with E-state index in [0.29, 0.717) is 12.1 Å². The zero-order valence-corrected chi connectivity index (χ0v) is 8.79. The molecule has 0 bridgehead atoms. The van der Waals surface area contributed by atoms with Gasteiger partial charge in [-0.3, -0.25) is 4.79 Å². The number of rotatable bonds is 3. The van der Waals surface area contributed by atoms with E-state index in [1.807, 2.05) is 18.5 Å². The molecule has 0 spiro atoms. The third-order valence-corrected chi connectivity index (χ3v) is 2.13. The average Bonchev–Trinajstić information content (AvgIpc) is 2.44. The van der Waals surface area contributed by atoms with Crippen molar-refractivity contribution in [1.82, 2.24) is 14.9 Å². The van der Waals surface area contributed by atoms with Gasteiger partial charge in [-0.1, -0.05) is 6.58 Å². The third kappa shape index (κ3) is 2.22. The quantitative estimate of drug-likeness (QED) is 0.726. The summed E-state index contributed by atoms with van der Waals surface area (Å²) in [5, 5.41) is 2.75. The van der Waals surface area contributed by atoms with Gasteiger partial charge in [-0.15, -0.1) is 0 Å². The summed E-state index contributed by atoms with van der Waals surface area (Å²) < 4.78 is 1.94. The largest absolute Gasteiger partial charge is 0.347 e. The van der Waals surface area contributed by atoms with E-state index in [-0.39, 0.29) is 5.91 Å². The standard InChI is InChI=1S/C10H15N3O/c1-7(2)10(14)12-6-9-5-11-8(3)13(9)4/h5H,1,6H2,2-4H3,(H,12,14). The third-order valence-electron chi connectivity index (χ3n) is 2.13. The molecule has 0 unspecified atom stereocenters. The van der Waals surface area contributed by atoms with Crippen LogP contribution in [0, 0.1) is 6.92 Å². The highest BCUT2D eigenvalue weighted by molar-refractivity contribution is 5.91. The van der Waals surface area contributed by atoms with Gasteiger partial charge in [-0.2, -0.15) is 0 Å². The van der Waals surface area contributed by atoms with Gasteiger partial charge in [0, 0.05) is 12.6 Å². The Kier molecular flexibility index (Phi) is 3.06. The van der Waals surface area contributed by atoms with Gasteiger partial charge in [0.05, 0.1) is 18.4 Å². The zero-order valence-electron chi connectivity index (χ0n) is 8.79. The van der Waals surface area contributed by atoms with Crippen molar-refractivity contribution >= 4 is 5.91 Å². The summed E-state index contributed by atoms with van der Waals surface area (Å²) in [6, 6.07) is 0. The highest BCUT2D eigenvalue weighted by Crippen LogP contribution is 2.01. The number of aryl methyl sites for hydroxylation is 1. The van der Waals surface area contributed by atoms with Crippen LogP contribution >= 0.6 is 0 Å². The fraction of sp³-hybridized carbons (Fsp3) is 0.400. The molecule has 4 nitrogen and oxygen atoms in total. The van der Waals surface area contributed by atoms with E-state index in [0.717, 1.165) is 11.5 Å². The minimum Gasteiger partial charge on any atom is -0.347 e. The average molecular weight is 193 g/mol. The van der Waals surface area contributed by atoms with E-state index >= 15 is 0 Å². The first-order valence-electron chi connectivity index (χ1n) is 4.43. The zero-order chi connectivity index (χ0) is 10.7. The van der Waals surface area contributed by atoms with Crippen molar-refractivity contribution in [1.29, 1.82) is 0 Å². The number of imidazole rings is 1. The molecular weight excluding hydrogens is 178 g/mol. The summed E-state index contributed by atoms with van der Waals surface area (Å²) in [5.74, 6) is 0.813. The SMILES string of the molecule is C=C(C)C(=O)NCc1cnc(C)n1C. The molecule has 1 aromatic rings. The van der Waals surface area contributed by atoms with Crippen LogP contribution in [0.2, 0.25) is 0 Å². The van der Waals surface area contributed by atoms with Crippen LogP contribution in [-0.4, -0.2) is 15.5 Å². The lowest BCUT2D eigenvalue weighted by Crippen LogP contribution is -2.24. The second kappa shape index (κ2) is 4.09. The molecular formula is C10H15N3O. The highest BCUT2D eigenvalue weighted by Gasteiger charge is 2.05. The van der Waals surface area contributed by atoms with Crippen LogP contribution in [0.1, 0.15) is 18.4 Å². The van der Waals surface area contributed by atoms with Crippen molar-refractivity contribution in [2.45, 2.75) is 20.4 Å². The first-order valence-corrected chi connectivity index (χ1v) is 4.43. The van der Waals surface area contributed by atoms with Gasteiger partial charge in [-0.05, 0) is 13.8 Å². The van der Waals surface area contributed by atoms with Crippen molar-refractivity contribution in [2.75, 3.05) is 0 Å². The Balaban J connectivity index is 2.58. The van der Waals surface area contributed by atoms with Crippen molar-refractivity contribution in [3.63, 3.8) is 0 Å². The van der Waals surface area contributed by atoms with E-state index in [1.165, 1.54) is 0 Å². The lowest BCUT2D eigenvalue weighted by atomic mass is 10.3. The summed E-state index contributed by atoms with van der Waals surface area (Å²) >= 11 is 0. The Morgan fingerprint density at radius 1 is 1.71 bits per heavy atom. The number of amides is 1. The van der Waals surface area contributed by atoms with E-state index in [4.69, 9.17) is 0 Å². The fourth-order valence-electron chi connectivity index (χ4n) is 1.03. The molecule has 0 aliphatic heterocycles. The minimum absolute atomic E-state index is 0.121. The Labute approximate surface area is 83.6 Å². The summed E-state index contributed by atoms with van der Waals surface area (Å²) in [6.07, 6.45) is 1.76. The molecule has 0 aromatic carbocycles. The lowest BCUT2D eigenvalue weighted by Gasteiger charge is -2.05. The second-order valence-corrected chi connectivity index (χ2v) is 3.32. The van der Waals surface area contributed by atoms with Crippen LogP contribution < -0.4 is 5.32 Å². The maximum Gasteiger partial charge on any atom is 0.246 e. The fourth-order valence-corrected chi connectivity index (χ4v) is 1.03. The molecule has 1 aromatic heterocycles. The summed E-state index contributed by atoms with van der Waals surface area (Å²) in [7, 11) is 1.92. The minimum atomic E-state index is -0.121. The molecule has 1 rings (SSSR count). The van der Waals surface area contributed by atoms with Crippen molar-refractivity contribution in [2.24, 2.45) is 7.05 Å². The predicted molar refractivity (Wildman–Crippen MR) is 54.6 cm³/mol. The highest BCUT2D eigenvalue weighted by atomic mass is 16.1. The normalized spacial score (nSPS) is 9.93. The van der Waals surface area contributed by atoms with Crippen molar-refractivity contribution in [3.8, 4) is 0 Å². The van der Waals surface area contributed by atoms with Gasteiger partial charge in [0.2, 0.25) is 5.91 Å². The molecule has 76 valence electrons. The molecule has 4 heteroatoms. The lowest BCUT2D eigenvalue weighted by molar-refractivity contribution is -0.117. The van der Waals surface area contributed by atoms with Crippen LogP contribution in [0.25, 0.3) is 0 Å². The Morgan fingerprint density at radius 3 is 2.79 bits per heavy atom. The van der Waals surface area contributed by atoms with Gasteiger partial charge in [0.1, 0.15) is 5.82 Å². The van der Waals surface area contributed by atoms with E-state index < -0.39 is 0 Å². The van der Waals surface area contributed by atoms with Crippen LogP contribution in [0.3, 0.4) is 0 Å². The molecule has 1 N–H and O–H groups in total. The van der Waals surface area contributed by atoms with Crippen molar-refractivity contribution in [3.05, 3.63) is 29.9 Å². The van der Waals surface area contributed by atoms with Crippen molar-refractivity contribution < 1.29 is 4.79 Å². The number of nitrogens with one attached hydrogen (secondary N) is 1. The topological polar surface area (TPSA) is 46.9 Å². The van der Waals surface area contributed by atoms with E-state index in [1.54, 1.807) is 13.1 Å². The number of hydrogen-bond acceptors (Lipinski definition) is 2. The van der Waals surface area contributed by atoms with Crippen LogP contribution in [0.4, 0.5) is 0 Å². The van der Waals surface area contributed by atoms with Gasteiger partial charge < -0.3 is 9.88 Å². The molecule has 1 heterocycles. The molecule has 14 heavy (non-hydrogen) atoms. The molecule has 0 aliphatic rings. The number of carbonyl (C=O) groups excluding carboxylic acids is 1. The van der Waals surface area contributed by atoms with Gasteiger partial charge in [-0.25, -0.2) is 4.98 Å². The van der Waals surface area contributed by atoms with Gasteiger partial charge in [0.15, 0.2) is 0 Å². The smallest absolute Gasteiger partial charge is 0.246 e. The molecule has 0 saturated carbocycles. The Morgan fingerprint density at radius 2 is 2.36 bits per heavy atom. The number of carbonyl (C=O) groups is 1. The Hall–Kier alpha value is -1.58. The molecule has 0 atom stereocenters. The van der Waals surface area contributed by atoms with Crippen LogP contribution in [0.5, 0.6) is 0 Å². The number of nitrogens with zero attached hydrogens (tertiary/aromatic N) is 2. The van der Waals surface area contributed by atoms with Gasteiger partial charge >= 0.3 is 0 Å².